The summed E-state index contributed by atoms with van der Waals surface area (Å²) in [6.07, 6.45) is 4.45. The highest BCUT2D eigenvalue weighted by Gasteiger charge is 2.23. The lowest BCUT2D eigenvalue weighted by molar-refractivity contribution is -0.127. The molecule has 0 saturated carbocycles. The zero-order valence-electron chi connectivity index (χ0n) is 18.0. The van der Waals surface area contributed by atoms with E-state index in [1.807, 2.05) is 30.0 Å². The molecule has 1 aliphatic heterocycles. The van der Waals surface area contributed by atoms with Gasteiger partial charge in [-0.3, -0.25) is 9.59 Å². The van der Waals surface area contributed by atoms with Crippen LogP contribution in [-0.2, 0) is 11.3 Å². The molecule has 32 heavy (non-hydrogen) atoms. The van der Waals surface area contributed by atoms with Crippen LogP contribution in [0.2, 0.25) is 0 Å². The molecule has 3 aromatic rings. The second-order valence-corrected chi connectivity index (χ2v) is 8.59. The molecule has 1 fully saturated rings. The second kappa shape index (κ2) is 10.5. The lowest BCUT2D eigenvalue weighted by atomic mass is 10.2. The fraction of sp³-hybridized carbons (Fsp3) is 0.391. The summed E-state index contributed by atoms with van der Waals surface area (Å²) >= 11 is 1.41. The lowest BCUT2D eigenvalue weighted by Crippen LogP contribution is -2.32. The van der Waals surface area contributed by atoms with Crippen molar-refractivity contribution >= 4 is 23.6 Å². The summed E-state index contributed by atoms with van der Waals surface area (Å²) in [6.45, 7) is 4.41. The maximum Gasteiger partial charge on any atom is 0.283 e. The third-order valence-corrected chi connectivity index (χ3v) is 6.29. The smallest absolute Gasteiger partial charge is 0.283 e. The van der Waals surface area contributed by atoms with E-state index in [1.165, 1.54) is 18.0 Å². The van der Waals surface area contributed by atoms with Gasteiger partial charge in [-0.2, -0.15) is 0 Å². The Bertz CT molecular complexity index is 1040. The van der Waals surface area contributed by atoms with Gasteiger partial charge in [-0.15, -0.1) is 22.0 Å². The molecule has 8 nitrogen and oxygen atoms in total. The van der Waals surface area contributed by atoms with Gasteiger partial charge in [0.1, 0.15) is 0 Å². The zero-order chi connectivity index (χ0) is 22.3. The largest absolute Gasteiger partial charge is 0.459 e. The maximum atomic E-state index is 13.4. The predicted octanol–water partition coefficient (Wildman–Crippen LogP) is 4.10. The molecule has 0 bridgehead atoms. The van der Waals surface area contributed by atoms with E-state index < -0.39 is 0 Å². The number of hydrogen-bond acceptors (Lipinski definition) is 7. The van der Waals surface area contributed by atoms with Crippen LogP contribution in [0.3, 0.4) is 0 Å². The lowest BCUT2D eigenvalue weighted by Gasteiger charge is -2.22. The number of furan rings is 1. The zero-order valence-corrected chi connectivity index (χ0v) is 18.8. The fourth-order valence-corrected chi connectivity index (χ4v) is 4.59. The quantitative estimate of drug-likeness (QED) is 0.450. The molecule has 0 atom stereocenters. The van der Waals surface area contributed by atoms with Crippen molar-refractivity contribution < 1.29 is 18.4 Å². The average Bonchev–Trinajstić information content (AvgIpc) is 3.59. The van der Waals surface area contributed by atoms with Crippen molar-refractivity contribution in [3.63, 3.8) is 0 Å². The van der Waals surface area contributed by atoms with Crippen LogP contribution in [-0.4, -0.2) is 57.2 Å². The van der Waals surface area contributed by atoms with E-state index in [9.17, 15) is 9.59 Å². The number of carbonyl (C=O) groups is 2. The summed E-state index contributed by atoms with van der Waals surface area (Å²) in [7, 11) is 0. The minimum atomic E-state index is -0.124. The summed E-state index contributed by atoms with van der Waals surface area (Å²) in [5.74, 6) is 1.44. The molecule has 0 unspecified atom stereocenters. The molecule has 3 heterocycles. The highest BCUT2D eigenvalue weighted by molar-refractivity contribution is 8.00. The van der Waals surface area contributed by atoms with Crippen LogP contribution in [0, 0.1) is 0 Å². The van der Waals surface area contributed by atoms with Crippen LogP contribution >= 0.6 is 11.8 Å². The van der Waals surface area contributed by atoms with Crippen LogP contribution < -0.4 is 0 Å². The number of thioether (sulfide) groups is 1. The molecule has 1 aliphatic rings. The summed E-state index contributed by atoms with van der Waals surface area (Å²) in [5.41, 5.74) is 0.575. The van der Waals surface area contributed by atoms with Gasteiger partial charge in [0.25, 0.3) is 11.8 Å². The first-order valence-corrected chi connectivity index (χ1v) is 11.8. The van der Waals surface area contributed by atoms with E-state index in [2.05, 4.69) is 10.2 Å². The molecule has 2 aromatic heterocycles. The summed E-state index contributed by atoms with van der Waals surface area (Å²) in [6, 6.07) is 10.9. The molecule has 1 saturated heterocycles. The standard InChI is InChI=1S/C23H26N4O4S/c1-2-11-27(15-20-24-25-22(31-20)18-9-7-14-30-18)23(29)17-8-3-4-10-19(17)32-16-21(28)26-12-5-6-13-26/h3-4,7-10,14H,2,5-6,11-13,15-16H2,1H3. The molecular formula is C23H26N4O4S. The molecule has 1 aromatic carbocycles. The van der Waals surface area contributed by atoms with E-state index in [1.54, 1.807) is 23.1 Å². The third-order valence-electron chi connectivity index (χ3n) is 5.23. The van der Waals surface area contributed by atoms with Gasteiger partial charge in [0.2, 0.25) is 11.8 Å². The minimum absolute atomic E-state index is 0.122. The normalized spacial score (nSPS) is 13.5. The monoisotopic (exact) mass is 454 g/mol. The minimum Gasteiger partial charge on any atom is -0.459 e. The van der Waals surface area contributed by atoms with Gasteiger partial charge in [0, 0.05) is 24.5 Å². The number of carbonyl (C=O) groups excluding carboxylic acids is 2. The highest BCUT2D eigenvalue weighted by atomic mass is 32.2. The average molecular weight is 455 g/mol. The number of likely N-dealkylation sites (tertiary alicyclic amines) is 1. The van der Waals surface area contributed by atoms with Crippen LogP contribution in [0.25, 0.3) is 11.7 Å². The van der Waals surface area contributed by atoms with Crippen molar-refractivity contribution in [3.05, 3.63) is 54.1 Å². The number of nitrogens with zero attached hydrogens (tertiary/aromatic N) is 4. The van der Waals surface area contributed by atoms with E-state index in [0.717, 1.165) is 37.2 Å². The molecule has 9 heteroatoms. The Kier molecular flexibility index (Phi) is 7.26. The fourth-order valence-electron chi connectivity index (χ4n) is 3.64. The van der Waals surface area contributed by atoms with Crippen molar-refractivity contribution in [2.75, 3.05) is 25.4 Å². The van der Waals surface area contributed by atoms with Gasteiger partial charge in [-0.05, 0) is 43.5 Å². The first-order chi connectivity index (χ1) is 15.7. The Balaban J connectivity index is 1.46. The summed E-state index contributed by atoms with van der Waals surface area (Å²) in [5, 5.41) is 8.08. The predicted molar refractivity (Wildman–Crippen MR) is 120 cm³/mol. The molecule has 0 aliphatic carbocycles. The summed E-state index contributed by atoms with van der Waals surface area (Å²) < 4.78 is 11.0. The van der Waals surface area contributed by atoms with Crippen LogP contribution in [0.5, 0.6) is 0 Å². The molecular weight excluding hydrogens is 428 g/mol. The van der Waals surface area contributed by atoms with Gasteiger partial charge in [-0.1, -0.05) is 19.1 Å². The maximum absolute atomic E-state index is 13.4. The Morgan fingerprint density at radius 2 is 1.94 bits per heavy atom. The Hall–Kier alpha value is -3.07. The first-order valence-electron chi connectivity index (χ1n) is 10.8. The SMILES string of the molecule is CCCN(Cc1nnc(-c2ccco2)o1)C(=O)c1ccccc1SCC(=O)N1CCCC1. The Labute approximate surface area is 191 Å². The van der Waals surface area contributed by atoms with Crippen molar-refractivity contribution in [2.45, 2.75) is 37.6 Å². The second-order valence-electron chi connectivity index (χ2n) is 7.58. The van der Waals surface area contributed by atoms with Gasteiger partial charge in [0.15, 0.2) is 5.76 Å². The molecule has 0 N–H and O–H groups in total. The van der Waals surface area contributed by atoms with Crippen molar-refractivity contribution in [3.8, 4) is 11.7 Å². The number of aromatic nitrogens is 2. The number of hydrogen-bond donors (Lipinski definition) is 0. The van der Waals surface area contributed by atoms with E-state index >= 15 is 0 Å². The van der Waals surface area contributed by atoms with Gasteiger partial charge < -0.3 is 18.6 Å². The van der Waals surface area contributed by atoms with Crippen molar-refractivity contribution in [1.82, 2.24) is 20.0 Å². The van der Waals surface area contributed by atoms with Gasteiger partial charge >= 0.3 is 0 Å². The number of rotatable bonds is 9. The highest BCUT2D eigenvalue weighted by Crippen LogP contribution is 2.26. The number of amides is 2. The Morgan fingerprint density at radius 1 is 1.12 bits per heavy atom. The molecule has 0 radical (unpaired) electrons. The van der Waals surface area contributed by atoms with Crippen molar-refractivity contribution in [1.29, 1.82) is 0 Å². The summed E-state index contributed by atoms with van der Waals surface area (Å²) in [4.78, 5) is 30.2. The molecule has 2 amide bonds. The van der Waals surface area contributed by atoms with Crippen LogP contribution in [0.4, 0.5) is 0 Å². The van der Waals surface area contributed by atoms with Crippen LogP contribution in [0.1, 0.15) is 42.4 Å². The van der Waals surface area contributed by atoms with Gasteiger partial charge in [0.05, 0.1) is 24.1 Å². The van der Waals surface area contributed by atoms with Crippen molar-refractivity contribution in [2.24, 2.45) is 0 Å². The van der Waals surface area contributed by atoms with Gasteiger partial charge in [-0.25, -0.2) is 0 Å². The first kappa shape index (κ1) is 22.1. The molecule has 4 rings (SSSR count). The third kappa shape index (κ3) is 5.21. The Morgan fingerprint density at radius 3 is 2.69 bits per heavy atom. The topological polar surface area (TPSA) is 92.7 Å². The van der Waals surface area contributed by atoms with Crippen LogP contribution in [0.15, 0.2) is 56.4 Å². The van der Waals surface area contributed by atoms with E-state index in [0.29, 0.717) is 29.5 Å². The molecule has 0 spiro atoms. The van der Waals surface area contributed by atoms with E-state index in [4.69, 9.17) is 8.83 Å². The van der Waals surface area contributed by atoms with E-state index in [-0.39, 0.29) is 24.2 Å². The molecule has 168 valence electrons. The number of benzene rings is 1.